The molecule has 0 aliphatic carbocycles. The van der Waals surface area contributed by atoms with Gasteiger partial charge in [0.25, 0.3) is 0 Å². The van der Waals surface area contributed by atoms with Crippen molar-refractivity contribution < 1.29 is 0 Å². The number of benzene rings is 7. The molecule has 10 rings (SSSR count). The molecule has 0 saturated heterocycles. The fraction of sp³-hybridized carbons (Fsp3) is 0. The highest BCUT2D eigenvalue weighted by molar-refractivity contribution is 6.24. The standard InChI is InChI=1S/C42H26N2/c1-2-8-26(9-3-1)27-17-20-40-36(24-27)33-13-7-14-34-37-25-29(18-21-41(37)44(40)42(33)34)28-16-19-39-35(23-28)31-11-6-10-30(22-31)32-12-4-5-15-38(32)43-39/h1-25,43H. The van der Waals surface area contributed by atoms with Crippen LogP contribution in [0.4, 0.5) is 11.4 Å². The first kappa shape index (κ1) is 23.7. The lowest BCUT2D eigenvalue weighted by Crippen LogP contribution is -1.99. The van der Waals surface area contributed by atoms with Gasteiger partial charge >= 0.3 is 0 Å². The molecular weight excluding hydrogens is 532 g/mol. The second-order valence-corrected chi connectivity index (χ2v) is 11.9. The molecule has 2 nitrogen and oxygen atoms in total. The first-order valence-electron chi connectivity index (χ1n) is 15.2. The topological polar surface area (TPSA) is 16.4 Å². The Kier molecular flexibility index (Phi) is 4.75. The fourth-order valence-electron chi connectivity index (χ4n) is 7.39. The van der Waals surface area contributed by atoms with Crippen LogP contribution in [0.25, 0.3) is 82.6 Å². The van der Waals surface area contributed by atoms with Gasteiger partial charge in [0.15, 0.2) is 0 Å². The van der Waals surface area contributed by atoms with Crippen LogP contribution in [0.2, 0.25) is 0 Å². The lowest BCUT2D eigenvalue weighted by molar-refractivity contribution is 1.37. The van der Waals surface area contributed by atoms with Gasteiger partial charge in [-0.3, -0.25) is 0 Å². The minimum absolute atomic E-state index is 1.13. The second kappa shape index (κ2) is 8.82. The summed E-state index contributed by atoms with van der Waals surface area (Å²) in [6.45, 7) is 0. The number of nitrogens with one attached hydrogen (secondary N) is 1. The summed E-state index contributed by atoms with van der Waals surface area (Å²) in [5, 5.41) is 8.92. The van der Waals surface area contributed by atoms with Gasteiger partial charge in [-0.1, -0.05) is 103 Å². The highest BCUT2D eigenvalue weighted by Gasteiger charge is 2.19. The Hall–Kier alpha value is -5.86. The zero-order valence-electron chi connectivity index (χ0n) is 23.9. The molecule has 0 saturated carbocycles. The van der Waals surface area contributed by atoms with E-state index in [9.17, 15) is 0 Å². The molecule has 0 amide bonds. The minimum atomic E-state index is 1.13. The average Bonchev–Trinajstić information content (AvgIpc) is 3.60. The van der Waals surface area contributed by atoms with E-state index in [4.69, 9.17) is 0 Å². The third-order valence-corrected chi connectivity index (χ3v) is 9.46. The molecule has 2 aromatic heterocycles. The van der Waals surface area contributed by atoms with Crippen LogP contribution < -0.4 is 5.32 Å². The second-order valence-electron chi connectivity index (χ2n) is 11.9. The lowest BCUT2D eigenvalue weighted by Gasteiger charge is -2.20. The van der Waals surface area contributed by atoms with Gasteiger partial charge in [0.05, 0.1) is 16.6 Å². The van der Waals surface area contributed by atoms with Crippen molar-refractivity contribution in [1.29, 1.82) is 0 Å². The van der Waals surface area contributed by atoms with Crippen LogP contribution in [0.15, 0.2) is 152 Å². The summed E-state index contributed by atoms with van der Waals surface area (Å²) < 4.78 is 2.46. The van der Waals surface area contributed by atoms with E-state index in [0.29, 0.717) is 0 Å². The quantitative estimate of drug-likeness (QED) is 0.223. The van der Waals surface area contributed by atoms with Gasteiger partial charge in [0, 0.05) is 44.0 Å². The predicted octanol–water partition coefficient (Wildman–Crippen LogP) is 11.6. The number of anilines is 2. The van der Waals surface area contributed by atoms with Gasteiger partial charge in [-0.05, 0) is 81.9 Å². The van der Waals surface area contributed by atoms with Crippen molar-refractivity contribution in [2.24, 2.45) is 0 Å². The SMILES string of the molecule is c1ccc(-c2ccc3c(c2)c2cccc4c5cc(-c6ccc7c(c6)-c6cccc(c6)-c6ccccc6N7)ccc5n3c24)cc1. The predicted molar refractivity (Wildman–Crippen MR) is 186 cm³/mol. The number of para-hydroxylation sites is 2. The largest absolute Gasteiger partial charge is 0.355 e. The van der Waals surface area contributed by atoms with Gasteiger partial charge in [0.2, 0.25) is 0 Å². The van der Waals surface area contributed by atoms with E-state index in [1.54, 1.807) is 0 Å². The molecule has 9 aromatic rings. The van der Waals surface area contributed by atoms with Gasteiger partial charge < -0.3 is 9.72 Å². The van der Waals surface area contributed by atoms with Crippen LogP contribution in [0, 0.1) is 0 Å². The molecule has 0 fully saturated rings. The Bertz CT molecular complexity index is 2570. The summed E-state index contributed by atoms with van der Waals surface area (Å²) >= 11 is 0. The van der Waals surface area contributed by atoms with E-state index < -0.39 is 0 Å². The Morgan fingerprint density at radius 3 is 1.68 bits per heavy atom. The van der Waals surface area contributed by atoms with Gasteiger partial charge in [-0.2, -0.15) is 0 Å². The van der Waals surface area contributed by atoms with E-state index in [1.807, 2.05) is 0 Å². The van der Waals surface area contributed by atoms with Crippen LogP contribution in [-0.4, -0.2) is 4.40 Å². The van der Waals surface area contributed by atoms with E-state index >= 15 is 0 Å². The van der Waals surface area contributed by atoms with Crippen molar-refractivity contribution >= 4 is 49.5 Å². The molecule has 1 aliphatic heterocycles. The van der Waals surface area contributed by atoms with E-state index in [1.165, 1.54) is 82.6 Å². The molecule has 0 spiro atoms. The van der Waals surface area contributed by atoms with Crippen molar-refractivity contribution in [1.82, 2.24) is 4.40 Å². The summed E-state index contributed by atoms with van der Waals surface area (Å²) in [6.07, 6.45) is 0. The van der Waals surface area contributed by atoms with Crippen molar-refractivity contribution in [3.05, 3.63) is 152 Å². The zero-order chi connectivity index (χ0) is 28.8. The van der Waals surface area contributed by atoms with Crippen molar-refractivity contribution in [2.75, 3.05) is 5.32 Å². The average molecular weight is 559 g/mol. The monoisotopic (exact) mass is 558 g/mol. The molecule has 0 radical (unpaired) electrons. The lowest BCUT2D eigenvalue weighted by atomic mass is 9.92. The van der Waals surface area contributed by atoms with Gasteiger partial charge in [-0.25, -0.2) is 0 Å². The molecule has 204 valence electrons. The highest BCUT2D eigenvalue weighted by Crippen LogP contribution is 2.44. The van der Waals surface area contributed by atoms with Crippen molar-refractivity contribution in [3.8, 4) is 44.5 Å². The first-order chi connectivity index (χ1) is 21.8. The van der Waals surface area contributed by atoms with Gasteiger partial charge in [0.1, 0.15) is 0 Å². The normalized spacial score (nSPS) is 12.3. The molecule has 1 N–H and O–H groups in total. The molecule has 1 aliphatic rings. The number of rotatable bonds is 2. The molecule has 2 heteroatoms. The Labute approximate surface area is 254 Å². The van der Waals surface area contributed by atoms with E-state index in [0.717, 1.165) is 11.4 Å². The summed E-state index contributed by atoms with van der Waals surface area (Å²) in [6, 6.07) is 55.5. The summed E-state index contributed by atoms with van der Waals surface area (Å²) in [4.78, 5) is 0. The van der Waals surface area contributed by atoms with Crippen LogP contribution in [-0.2, 0) is 0 Å². The van der Waals surface area contributed by atoms with Crippen LogP contribution >= 0.6 is 0 Å². The smallest absolute Gasteiger partial charge is 0.0620 e. The number of nitrogens with zero attached hydrogens (tertiary/aromatic N) is 1. The number of hydrogen-bond acceptors (Lipinski definition) is 1. The Morgan fingerprint density at radius 1 is 0.341 bits per heavy atom. The Morgan fingerprint density at radius 2 is 0.909 bits per heavy atom. The third kappa shape index (κ3) is 3.31. The van der Waals surface area contributed by atoms with Crippen LogP contribution in [0.3, 0.4) is 0 Å². The maximum atomic E-state index is 3.73. The van der Waals surface area contributed by atoms with Crippen LogP contribution in [0.5, 0.6) is 0 Å². The molecule has 44 heavy (non-hydrogen) atoms. The fourth-order valence-corrected chi connectivity index (χ4v) is 7.39. The first-order valence-corrected chi connectivity index (χ1v) is 15.2. The summed E-state index contributed by atoms with van der Waals surface area (Å²) in [7, 11) is 0. The van der Waals surface area contributed by atoms with Gasteiger partial charge in [-0.15, -0.1) is 0 Å². The third-order valence-electron chi connectivity index (χ3n) is 9.46. The maximum Gasteiger partial charge on any atom is 0.0620 e. The van der Waals surface area contributed by atoms with E-state index in [2.05, 4.69) is 161 Å². The maximum absolute atomic E-state index is 3.73. The molecule has 0 atom stereocenters. The van der Waals surface area contributed by atoms with Crippen molar-refractivity contribution in [2.45, 2.75) is 0 Å². The molecule has 3 heterocycles. The highest BCUT2D eigenvalue weighted by atomic mass is 14.9. The number of fused-ring (bicyclic) bond motifs is 12. The Balaban J connectivity index is 1.15. The molecule has 2 bridgehead atoms. The zero-order valence-corrected chi connectivity index (χ0v) is 23.9. The number of aromatic nitrogens is 1. The molecular formula is C42H26N2. The van der Waals surface area contributed by atoms with Crippen molar-refractivity contribution in [3.63, 3.8) is 0 Å². The van der Waals surface area contributed by atoms with E-state index in [-0.39, 0.29) is 0 Å². The summed E-state index contributed by atoms with van der Waals surface area (Å²) in [5.74, 6) is 0. The minimum Gasteiger partial charge on any atom is -0.355 e. The summed E-state index contributed by atoms with van der Waals surface area (Å²) in [5.41, 5.74) is 15.9. The van der Waals surface area contributed by atoms with Crippen LogP contribution in [0.1, 0.15) is 0 Å². The number of hydrogen-bond donors (Lipinski definition) is 1. The molecule has 0 unspecified atom stereocenters. The molecule has 7 aromatic carbocycles.